The minimum atomic E-state index is -3.93. The van der Waals surface area contributed by atoms with Gasteiger partial charge in [0.05, 0.1) is 48.8 Å². The van der Waals surface area contributed by atoms with Gasteiger partial charge in [0.1, 0.15) is 21.1 Å². The number of methoxy groups -OCH3 is 2. The minimum absolute atomic E-state index is 0.0148. The third-order valence-electron chi connectivity index (χ3n) is 6.96. The van der Waals surface area contributed by atoms with E-state index in [-0.39, 0.29) is 45.5 Å². The number of nitrogens with zero attached hydrogens (tertiary/aromatic N) is 4. The molecule has 19 heteroatoms. The molecule has 0 fully saturated rings. The molecule has 0 bridgehead atoms. The molecule has 2 amide bonds. The number of carbonyl (C=O) groups excluding carboxylic acids is 2. The number of anilines is 2. The van der Waals surface area contributed by atoms with Crippen molar-refractivity contribution in [3.63, 3.8) is 0 Å². The summed E-state index contributed by atoms with van der Waals surface area (Å²) in [5, 5.41) is 13.3. The summed E-state index contributed by atoms with van der Waals surface area (Å²) in [5.74, 6) is -2.72. The summed E-state index contributed by atoms with van der Waals surface area (Å²) in [6.45, 7) is 0. The number of aliphatic hydroxyl groups is 1. The summed E-state index contributed by atoms with van der Waals surface area (Å²) in [5.41, 5.74) is 3.31. The van der Waals surface area contributed by atoms with Crippen molar-refractivity contribution in [2.24, 2.45) is 9.98 Å². The number of aromatic nitrogens is 2. The highest BCUT2D eigenvalue weighted by Gasteiger charge is 2.29. The number of sulfone groups is 1. The van der Waals surface area contributed by atoms with Gasteiger partial charge in [-0.15, -0.1) is 11.8 Å². The topological polar surface area (TPSA) is 182 Å². The Balaban J connectivity index is 0.000000223. The van der Waals surface area contributed by atoms with Gasteiger partial charge in [-0.2, -0.15) is 0 Å². The molecule has 52 heavy (non-hydrogen) atoms. The molecular weight excluding hydrogens is 765 g/mol. The molecule has 0 radical (unpaired) electrons. The van der Waals surface area contributed by atoms with E-state index in [0.717, 1.165) is 29.5 Å². The third-order valence-corrected chi connectivity index (χ3v) is 9.94. The molecular formula is C33H30Cl2F2N6O7S2. The Kier molecular flexibility index (Phi) is 14.0. The van der Waals surface area contributed by atoms with Crippen molar-refractivity contribution in [3.05, 3.63) is 94.0 Å². The minimum Gasteiger partial charge on any atom is -0.494 e. The zero-order chi connectivity index (χ0) is 38.0. The van der Waals surface area contributed by atoms with Crippen LogP contribution in [0.25, 0.3) is 0 Å². The summed E-state index contributed by atoms with van der Waals surface area (Å²) in [6, 6.07) is 11.3. The van der Waals surface area contributed by atoms with Gasteiger partial charge in [0.15, 0.2) is 23.1 Å². The molecule has 0 aliphatic carbocycles. The lowest BCUT2D eigenvalue weighted by Gasteiger charge is -2.08. The van der Waals surface area contributed by atoms with Crippen molar-refractivity contribution in [2.75, 3.05) is 43.5 Å². The van der Waals surface area contributed by atoms with Crippen molar-refractivity contribution >= 4 is 89.5 Å². The molecule has 0 spiro atoms. The standard InChI is InChI=1S/C16H13ClFN3O4S.C16H13ClFN3O2S.CH4O/c1-25-13-3-2-10(6-11(13)18)20-15(22)8-26(23,24)16-5-9-4-14(17)19-7-12(9)21-16;1-23-13-3-2-10(6-11(13)18)20-15(22)8-24-16-5-9-4-14(17)19-7-12(9)21-16;1-2/h2-4,6-7H,5,8H2,1H3,(H,20,22);2-4,6-7H,5,8H2,1H3,(H,20,22);2H,1H3. The monoisotopic (exact) mass is 794 g/mol. The maximum atomic E-state index is 13.6. The van der Waals surface area contributed by atoms with Crippen LogP contribution in [0.15, 0.2) is 70.9 Å². The van der Waals surface area contributed by atoms with Gasteiger partial charge >= 0.3 is 0 Å². The van der Waals surface area contributed by atoms with Crippen LogP contribution in [0.2, 0.25) is 10.3 Å². The number of carbonyl (C=O) groups is 2. The number of nitrogens with one attached hydrogen (secondary N) is 2. The highest BCUT2D eigenvalue weighted by atomic mass is 35.5. The van der Waals surface area contributed by atoms with Crippen LogP contribution in [0.4, 0.5) is 31.5 Å². The van der Waals surface area contributed by atoms with Crippen LogP contribution < -0.4 is 20.1 Å². The zero-order valence-electron chi connectivity index (χ0n) is 27.6. The van der Waals surface area contributed by atoms with E-state index < -0.39 is 33.1 Å². The first-order chi connectivity index (χ1) is 24.8. The molecule has 274 valence electrons. The normalized spacial score (nSPS) is 12.5. The van der Waals surface area contributed by atoms with Crippen molar-refractivity contribution in [2.45, 2.75) is 12.8 Å². The fourth-order valence-corrected chi connectivity index (χ4v) is 6.98. The van der Waals surface area contributed by atoms with Crippen molar-refractivity contribution in [1.82, 2.24) is 9.97 Å². The van der Waals surface area contributed by atoms with E-state index in [1.165, 1.54) is 62.5 Å². The van der Waals surface area contributed by atoms with Gasteiger partial charge in [-0.3, -0.25) is 9.59 Å². The van der Waals surface area contributed by atoms with E-state index in [2.05, 4.69) is 30.6 Å². The number of rotatable bonds is 8. The number of aliphatic hydroxyl groups excluding tert-OH is 1. The second-order valence-electron chi connectivity index (χ2n) is 10.5. The van der Waals surface area contributed by atoms with Gasteiger partial charge in [-0.05, 0) is 47.5 Å². The SMILES string of the molecule is CO.COc1ccc(NC(=O)CS(=O)(=O)C2=Nc3cnc(Cl)cc3C2)cc1F.COc1ccc(NC(=O)CSC2=Nc3cnc(Cl)cc3C2)cc1F. The molecule has 0 saturated heterocycles. The van der Waals surface area contributed by atoms with E-state index >= 15 is 0 Å². The van der Waals surface area contributed by atoms with E-state index in [4.69, 9.17) is 37.8 Å². The Morgan fingerprint density at radius 3 is 1.83 bits per heavy atom. The highest BCUT2D eigenvalue weighted by Crippen LogP contribution is 2.32. The zero-order valence-corrected chi connectivity index (χ0v) is 30.8. The van der Waals surface area contributed by atoms with Gasteiger partial charge < -0.3 is 25.2 Å². The van der Waals surface area contributed by atoms with Crippen LogP contribution in [0.1, 0.15) is 11.1 Å². The van der Waals surface area contributed by atoms with Crippen LogP contribution in [0, 0.1) is 11.6 Å². The fourth-order valence-electron chi connectivity index (χ4n) is 4.63. The first-order valence-corrected chi connectivity index (χ1v) is 18.2. The largest absolute Gasteiger partial charge is 0.494 e. The van der Waals surface area contributed by atoms with E-state index in [1.807, 2.05) is 0 Å². The number of aliphatic imine (C=N–C) groups is 2. The number of amides is 2. The molecule has 4 aromatic rings. The predicted octanol–water partition coefficient (Wildman–Crippen LogP) is 5.97. The van der Waals surface area contributed by atoms with E-state index in [1.54, 1.807) is 18.3 Å². The highest BCUT2D eigenvalue weighted by molar-refractivity contribution is 8.14. The third kappa shape index (κ3) is 10.7. The molecule has 2 aromatic heterocycles. The molecule has 6 rings (SSSR count). The van der Waals surface area contributed by atoms with Gasteiger partial charge in [0, 0.05) is 43.5 Å². The average molecular weight is 796 g/mol. The Morgan fingerprint density at radius 1 is 0.808 bits per heavy atom. The average Bonchev–Trinajstić information content (AvgIpc) is 3.72. The van der Waals surface area contributed by atoms with Crippen LogP contribution in [-0.4, -0.2) is 78.2 Å². The van der Waals surface area contributed by atoms with Gasteiger partial charge in [-0.1, -0.05) is 23.2 Å². The maximum absolute atomic E-state index is 13.6. The van der Waals surface area contributed by atoms with Crippen LogP contribution in [-0.2, 0) is 32.3 Å². The summed E-state index contributed by atoms with van der Waals surface area (Å²) in [7, 11) is -0.237. The Labute approximate surface area is 311 Å². The first kappa shape index (κ1) is 40.1. The second-order valence-corrected chi connectivity index (χ2v) is 14.3. The number of halogens is 4. The second kappa shape index (κ2) is 18.2. The van der Waals surface area contributed by atoms with Crippen LogP contribution in [0.3, 0.4) is 0 Å². The lowest BCUT2D eigenvalue weighted by atomic mass is 10.2. The summed E-state index contributed by atoms with van der Waals surface area (Å²) >= 11 is 13.0. The first-order valence-electron chi connectivity index (χ1n) is 14.8. The molecule has 0 saturated carbocycles. The molecule has 0 atom stereocenters. The predicted molar refractivity (Wildman–Crippen MR) is 198 cm³/mol. The molecule has 2 aliphatic heterocycles. The van der Waals surface area contributed by atoms with Crippen LogP contribution in [0.5, 0.6) is 11.5 Å². The number of fused-ring (bicyclic) bond motifs is 2. The van der Waals surface area contributed by atoms with Crippen LogP contribution >= 0.6 is 35.0 Å². The number of hydrogen-bond donors (Lipinski definition) is 3. The Morgan fingerprint density at radius 2 is 1.31 bits per heavy atom. The quantitative estimate of drug-likeness (QED) is 0.180. The van der Waals surface area contributed by atoms with E-state index in [9.17, 15) is 26.8 Å². The fraction of sp³-hybridized carbons (Fsp3) is 0.212. The smallest absolute Gasteiger partial charge is 0.240 e. The summed E-state index contributed by atoms with van der Waals surface area (Å²) in [4.78, 5) is 40.3. The number of hydrogen-bond acceptors (Lipinski definition) is 12. The number of benzene rings is 2. The molecule has 13 nitrogen and oxygen atoms in total. The molecule has 4 heterocycles. The lowest BCUT2D eigenvalue weighted by Crippen LogP contribution is -2.28. The molecule has 2 aromatic carbocycles. The molecule has 2 aliphatic rings. The Bertz CT molecular complexity index is 2160. The summed E-state index contributed by atoms with van der Waals surface area (Å²) in [6.07, 6.45) is 3.67. The summed E-state index contributed by atoms with van der Waals surface area (Å²) < 4.78 is 61.7. The number of ether oxygens (including phenoxy) is 2. The van der Waals surface area contributed by atoms with Crippen molar-refractivity contribution in [1.29, 1.82) is 0 Å². The van der Waals surface area contributed by atoms with Crippen molar-refractivity contribution < 1.29 is 41.4 Å². The van der Waals surface area contributed by atoms with Gasteiger partial charge in [-0.25, -0.2) is 37.2 Å². The maximum Gasteiger partial charge on any atom is 0.240 e. The van der Waals surface area contributed by atoms with Crippen molar-refractivity contribution in [3.8, 4) is 11.5 Å². The molecule has 3 N–H and O–H groups in total. The number of thioether (sulfide) groups is 1. The number of pyridine rings is 2. The van der Waals surface area contributed by atoms with E-state index in [0.29, 0.717) is 28.5 Å². The Hall–Kier alpha value is -4.68. The molecule has 0 unspecified atom stereocenters. The van der Waals surface area contributed by atoms with Gasteiger partial charge in [0.2, 0.25) is 21.7 Å². The lowest BCUT2D eigenvalue weighted by molar-refractivity contribution is -0.114. The van der Waals surface area contributed by atoms with Gasteiger partial charge in [0.25, 0.3) is 0 Å².